The molecule has 0 spiro atoms. The molecule has 1 unspecified atom stereocenters. The van der Waals surface area contributed by atoms with Gasteiger partial charge in [0.15, 0.2) is 0 Å². The van der Waals surface area contributed by atoms with Crippen LogP contribution in [-0.2, 0) is 34.7 Å². The van der Waals surface area contributed by atoms with Crippen LogP contribution in [0.25, 0.3) is 11.0 Å². The lowest BCUT2D eigenvalue weighted by Gasteiger charge is -2.29. The normalized spacial score (nSPS) is 21.4. The fourth-order valence-electron chi connectivity index (χ4n) is 5.33. The van der Waals surface area contributed by atoms with Crippen LogP contribution in [0.15, 0.2) is 48.5 Å². The van der Waals surface area contributed by atoms with Gasteiger partial charge in [-0.2, -0.15) is 12.7 Å². The van der Waals surface area contributed by atoms with Crippen LogP contribution < -0.4 is 8.92 Å². The highest BCUT2D eigenvalue weighted by Gasteiger charge is 2.32. The maximum Gasteiger partial charge on any atom is 0.385 e. The van der Waals surface area contributed by atoms with E-state index in [4.69, 9.17) is 11.7 Å². The zero-order valence-corrected chi connectivity index (χ0v) is 22.9. The Morgan fingerprint density at radius 2 is 1.93 bits per heavy atom. The number of hydrogen-bond donors (Lipinski definition) is 1. The highest BCUT2D eigenvalue weighted by Crippen LogP contribution is 2.36. The van der Waals surface area contributed by atoms with Crippen molar-refractivity contribution in [2.24, 2.45) is 0 Å². The summed E-state index contributed by atoms with van der Waals surface area (Å²) in [4.78, 5) is 12.3. The minimum absolute atomic E-state index is 0.0539. The lowest BCUT2D eigenvalue weighted by Crippen LogP contribution is -2.37. The molecule has 9 bridgehead atoms. The number of nitrogens with zero attached hydrogens (tertiary/aromatic N) is 4. The first-order valence-electron chi connectivity index (χ1n) is 14.1. The van der Waals surface area contributed by atoms with Crippen molar-refractivity contribution in [1.29, 1.82) is 0 Å². The molecule has 7 rings (SSSR count). The third kappa shape index (κ3) is 4.90. The van der Waals surface area contributed by atoms with Gasteiger partial charge in [0.05, 0.1) is 18.5 Å². The summed E-state index contributed by atoms with van der Waals surface area (Å²) in [6, 6.07) is 13.7. The van der Waals surface area contributed by atoms with Crippen LogP contribution in [-0.4, -0.2) is 45.4 Å². The third-order valence-corrected chi connectivity index (χ3v) is 8.82. The molecule has 3 aliphatic rings. The van der Waals surface area contributed by atoms with Crippen LogP contribution in [0.5, 0.6) is 11.5 Å². The number of ether oxygens (including phenoxy) is 1. The van der Waals surface area contributed by atoms with Crippen LogP contribution in [0.3, 0.4) is 0 Å². The van der Waals surface area contributed by atoms with Gasteiger partial charge < -0.3 is 14.0 Å². The van der Waals surface area contributed by atoms with E-state index in [1.165, 1.54) is 4.31 Å². The first-order valence-corrected chi connectivity index (χ1v) is 14.4. The Morgan fingerprint density at radius 1 is 1.10 bits per heavy atom. The average molecular weight is 565 g/mol. The molecule has 3 aromatic carbocycles. The van der Waals surface area contributed by atoms with E-state index in [9.17, 15) is 18.3 Å². The number of carboxylic acid groups (broad SMARTS) is 1. The second-order valence-electron chi connectivity index (χ2n) is 10.2. The lowest BCUT2D eigenvalue weighted by molar-refractivity contribution is -0.137. The molecular weight excluding hydrogens is 532 g/mol. The van der Waals surface area contributed by atoms with Crippen LogP contribution in [0.2, 0.25) is 0 Å². The zero-order chi connectivity index (χ0) is 29.8. The number of fused-ring (bicyclic) bond motifs is 5. The number of carboxylic acids is 1. The summed E-state index contributed by atoms with van der Waals surface area (Å²) in [6.45, 7) is 4.66. The number of aliphatic carboxylic acids is 1. The third-order valence-electron chi connectivity index (χ3n) is 7.54. The van der Waals surface area contributed by atoms with Crippen molar-refractivity contribution in [3.8, 4) is 11.5 Å². The number of benzene rings is 3. The van der Waals surface area contributed by atoms with Gasteiger partial charge in [-0.05, 0) is 78.8 Å². The average Bonchev–Trinajstić information content (AvgIpc) is 3.35. The molecule has 0 saturated carbocycles. The molecule has 0 radical (unpaired) electrons. The minimum Gasteiger partial charge on any atom is -0.494 e. The zero-order valence-electron chi connectivity index (χ0n) is 24.1. The maximum absolute atomic E-state index is 13.1. The summed E-state index contributed by atoms with van der Waals surface area (Å²) in [5.74, 6) is -1.95. The van der Waals surface area contributed by atoms with Gasteiger partial charge >= 0.3 is 16.3 Å². The van der Waals surface area contributed by atoms with Crippen molar-refractivity contribution in [3.05, 3.63) is 81.9 Å². The van der Waals surface area contributed by atoms with Crippen LogP contribution >= 0.6 is 0 Å². The van der Waals surface area contributed by atoms with E-state index in [1.54, 1.807) is 60.1 Å². The Labute approximate surface area is 235 Å². The molecule has 0 amide bonds. The van der Waals surface area contributed by atoms with E-state index >= 15 is 0 Å². The molecular formula is C29H30N4O6S. The molecule has 208 valence electrons. The lowest BCUT2D eigenvalue weighted by atomic mass is 9.84. The summed E-state index contributed by atoms with van der Waals surface area (Å²) in [7, 11) is -4.12. The van der Waals surface area contributed by atoms with Gasteiger partial charge in [0.1, 0.15) is 17.0 Å². The molecule has 0 saturated heterocycles. The van der Waals surface area contributed by atoms with Crippen molar-refractivity contribution in [3.63, 3.8) is 0 Å². The Hall–Kier alpha value is -3.96. The molecule has 4 aromatic rings. The Bertz CT molecular complexity index is 1820. The van der Waals surface area contributed by atoms with E-state index < -0.39 is 28.6 Å². The largest absolute Gasteiger partial charge is 0.494 e. The van der Waals surface area contributed by atoms with E-state index in [1.807, 2.05) is 6.92 Å². The summed E-state index contributed by atoms with van der Waals surface area (Å²) >= 11 is 0. The molecule has 0 aliphatic carbocycles. The van der Waals surface area contributed by atoms with Gasteiger partial charge in [-0.1, -0.05) is 29.5 Å². The molecule has 40 heavy (non-hydrogen) atoms. The second kappa shape index (κ2) is 10.2. The fourth-order valence-corrected chi connectivity index (χ4v) is 6.42. The molecule has 2 atom stereocenters. The highest BCUT2D eigenvalue weighted by molar-refractivity contribution is 7.84. The van der Waals surface area contributed by atoms with E-state index in [2.05, 4.69) is 10.3 Å². The Morgan fingerprint density at radius 3 is 2.75 bits per heavy atom. The predicted octanol–water partition coefficient (Wildman–Crippen LogP) is 4.47. The molecule has 11 heteroatoms. The van der Waals surface area contributed by atoms with Gasteiger partial charge in [0.25, 0.3) is 0 Å². The summed E-state index contributed by atoms with van der Waals surface area (Å²) in [5, 5.41) is 18.7. The van der Waals surface area contributed by atoms with Gasteiger partial charge in [-0.15, -0.1) is 5.10 Å². The minimum atomic E-state index is -4.12. The molecule has 1 aromatic heterocycles. The number of carbonyl (C=O) groups is 1. The first-order chi connectivity index (χ1) is 20.0. The van der Waals surface area contributed by atoms with Crippen molar-refractivity contribution in [2.75, 3.05) is 6.61 Å². The monoisotopic (exact) mass is 564 g/mol. The number of rotatable bonds is 2. The fraction of sp³-hybridized carbons (Fsp3) is 0.345. The highest BCUT2D eigenvalue weighted by atomic mass is 32.2. The van der Waals surface area contributed by atoms with Gasteiger partial charge in [0.2, 0.25) is 0 Å². The SMILES string of the molecule is [2H]C([2H])(C(=O)O)[C@H]1c2ccc(C)c(c2)CN2Cc3cc(ccc3OS2(=O)=O)OCCCCn2nnc3c(C)c1ccc32. The maximum atomic E-state index is 13.1. The summed E-state index contributed by atoms with van der Waals surface area (Å²) < 4.78 is 57.9. The molecule has 1 N–H and O–H groups in total. The van der Waals surface area contributed by atoms with Crippen molar-refractivity contribution in [2.45, 2.75) is 58.6 Å². The molecule has 0 fully saturated rings. The van der Waals surface area contributed by atoms with Gasteiger partial charge in [0, 0.05) is 33.9 Å². The van der Waals surface area contributed by atoms with Gasteiger partial charge in [-0.25, -0.2) is 4.68 Å². The summed E-state index contributed by atoms with van der Waals surface area (Å²) in [6.07, 6.45) is -1.19. The van der Waals surface area contributed by atoms with Crippen molar-refractivity contribution < 1.29 is 30.0 Å². The van der Waals surface area contributed by atoms with E-state index in [0.717, 1.165) is 23.9 Å². The second-order valence-corrected chi connectivity index (χ2v) is 11.7. The molecule has 3 aliphatic heterocycles. The van der Waals surface area contributed by atoms with Crippen LogP contribution in [0.1, 0.15) is 61.3 Å². The summed E-state index contributed by atoms with van der Waals surface area (Å²) in [5.41, 5.74) is 4.87. The van der Waals surface area contributed by atoms with E-state index in [0.29, 0.717) is 52.2 Å². The number of aromatic nitrogens is 3. The molecule has 10 nitrogen and oxygen atoms in total. The van der Waals surface area contributed by atoms with Gasteiger partial charge in [-0.3, -0.25) is 4.79 Å². The van der Waals surface area contributed by atoms with Crippen molar-refractivity contribution in [1.82, 2.24) is 19.3 Å². The topological polar surface area (TPSA) is 124 Å². The Kier molecular flexibility index (Phi) is 6.10. The smallest absolute Gasteiger partial charge is 0.385 e. The number of hydrogen-bond acceptors (Lipinski definition) is 7. The first kappa shape index (κ1) is 23.9. The van der Waals surface area contributed by atoms with Crippen molar-refractivity contribution >= 4 is 27.3 Å². The predicted molar refractivity (Wildman–Crippen MR) is 148 cm³/mol. The molecule has 4 heterocycles. The van der Waals surface area contributed by atoms with E-state index in [-0.39, 0.29) is 18.8 Å². The quantitative estimate of drug-likeness (QED) is 0.378. The number of aryl methyl sites for hydroxylation is 3. The van der Waals surface area contributed by atoms with Crippen LogP contribution in [0, 0.1) is 13.8 Å². The Balaban J connectivity index is 1.52. The standard InChI is InChI=1S/C29H30N4O6S/c1-18-5-6-20-13-21(18)16-32-17-22-14-23(7-10-27(22)39-40(32,36)37)38-12-4-3-11-33-26-9-8-24(25(20)15-28(34)35)19(2)29(26)30-31-33/h5-10,13-14,25H,3-4,11-12,15-17H2,1-2H3,(H,34,35)/t25-/m0/s1/i15D2. The van der Waals surface area contributed by atoms with Crippen LogP contribution in [0.4, 0.5) is 0 Å².